The van der Waals surface area contributed by atoms with Crippen molar-refractivity contribution in [3.63, 3.8) is 0 Å². The first-order valence-electron chi connectivity index (χ1n) is 4.34. The molecule has 14 heavy (non-hydrogen) atoms. The first kappa shape index (κ1) is 9.64. The van der Waals surface area contributed by atoms with Crippen molar-refractivity contribution in [2.75, 3.05) is 0 Å². The Morgan fingerprint density at radius 2 is 1.64 bits per heavy atom. The van der Waals surface area contributed by atoms with Crippen molar-refractivity contribution in [1.82, 2.24) is 0 Å². The molecule has 0 amide bonds. The van der Waals surface area contributed by atoms with E-state index in [-0.39, 0.29) is 10.4 Å². The Labute approximate surface area is 83.0 Å². The zero-order chi connectivity index (χ0) is 10.4. The SMILES string of the molecule is NC1(c2ccc(S(N)(=O)=O)cc2)CC1. The maximum absolute atomic E-state index is 11.0. The van der Waals surface area contributed by atoms with E-state index in [1.165, 1.54) is 12.1 Å². The Balaban J connectivity index is 2.36. The summed E-state index contributed by atoms with van der Waals surface area (Å²) < 4.78 is 21.9. The lowest BCUT2D eigenvalue weighted by atomic mass is 10.1. The van der Waals surface area contributed by atoms with Crippen LogP contribution in [0.5, 0.6) is 0 Å². The minimum absolute atomic E-state index is 0.130. The summed E-state index contributed by atoms with van der Waals surface area (Å²) in [4.78, 5) is 0.130. The second-order valence-electron chi connectivity index (χ2n) is 3.73. The van der Waals surface area contributed by atoms with Gasteiger partial charge in [-0.05, 0) is 30.5 Å². The predicted molar refractivity (Wildman–Crippen MR) is 52.9 cm³/mol. The van der Waals surface area contributed by atoms with E-state index in [1.54, 1.807) is 12.1 Å². The first-order chi connectivity index (χ1) is 6.42. The molecule has 0 aromatic heterocycles. The van der Waals surface area contributed by atoms with Crippen LogP contribution in [0.15, 0.2) is 29.2 Å². The summed E-state index contributed by atoms with van der Waals surface area (Å²) in [5, 5.41) is 4.97. The van der Waals surface area contributed by atoms with Gasteiger partial charge in [0.25, 0.3) is 0 Å². The monoisotopic (exact) mass is 212 g/mol. The molecule has 0 atom stereocenters. The first-order valence-corrected chi connectivity index (χ1v) is 5.89. The van der Waals surface area contributed by atoms with Gasteiger partial charge in [-0.3, -0.25) is 0 Å². The highest BCUT2D eigenvalue weighted by atomic mass is 32.2. The van der Waals surface area contributed by atoms with E-state index in [9.17, 15) is 8.42 Å². The Bertz CT molecular complexity index is 446. The van der Waals surface area contributed by atoms with E-state index in [1.807, 2.05) is 0 Å². The maximum atomic E-state index is 11.0. The Morgan fingerprint density at radius 3 is 2.00 bits per heavy atom. The largest absolute Gasteiger partial charge is 0.321 e. The van der Waals surface area contributed by atoms with Gasteiger partial charge in [0, 0.05) is 5.54 Å². The molecule has 0 spiro atoms. The number of primary sulfonamides is 1. The minimum Gasteiger partial charge on any atom is -0.321 e. The molecule has 1 aliphatic rings. The lowest BCUT2D eigenvalue weighted by Gasteiger charge is -2.08. The molecular weight excluding hydrogens is 200 g/mol. The fraction of sp³-hybridized carbons (Fsp3) is 0.333. The van der Waals surface area contributed by atoms with E-state index in [4.69, 9.17) is 10.9 Å². The molecule has 4 N–H and O–H groups in total. The molecule has 76 valence electrons. The highest BCUT2D eigenvalue weighted by Gasteiger charge is 2.39. The lowest BCUT2D eigenvalue weighted by Crippen LogP contribution is -2.19. The van der Waals surface area contributed by atoms with Gasteiger partial charge in [0.15, 0.2) is 0 Å². The summed E-state index contributed by atoms with van der Waals surface area (Å²) in [6.07, 6.45) is 1.92. The van der Waals surface area contributed by atoms with E-state index in [0.717, 1.165) is 18.4 Å². The van der Waals surface area contributed by atoms with E-state index in [0.29, 0.717) is 0 Å². The summed E-state index contributed by atoms with van der Waals surface area (Å²) >= 11 is 0. The van der Waals surface area contributed by atoms with Gasteiger partial charge in [-0.1, -0.05) is 12.1 Å². The number of hydrogen-bond donors (Lipinski definition) is 2. The van der Waals surface area contributed by atoms with Crippen molar-refractivity contribution >= 4 is 10.0 Å². The van der Waals surface area contributed by atoms with Crippen LogP contribution >= 0.6 is 0 Å². The molecule has 5 heteroatoms. The normalized spacial score (nSPS) is 19.3. The molecule has 0 saturated heterocycles. The average molecular weight is 212 g/mol. The average Bonchev–Trinajstić information content (AvgIpc) is 2.84. The number of hydrogen-bond acceptors (Lipinski definition) is 3. The van der Waals surface area contributed by atoms with Gasteiger partial charge < -0.3 is 5.73 Å². The molecule has 1 aromatic rings. The fourth-order valence-electron chi connectivity index (χ4n) is 1.40. The van der Waals surface area contributed by atoms with Crippen LogP contribution in [-0.4, -0.2) is 8.42 Å². The van der Waals surface area contributed by atoms with Crippen molar-refractivity contribution in [2.24, 2.45) is 10.9 Å². The van der Waals surface area contributed by atoms with Gasteiger partial charge in [0.2, 0.25) is 10.0 Å². The van der Waals surface area contributed by atoms with Crippen LogP contribution in [0, 0.1) is 0 Å². The van der Waals surface area contributed by atoms with Gasteiger partial charge in [-0.2, -0.15) is 0 Å². The Morgan fingerprint density at radius 1 is 1.14 bits per heavy atom. The van der Waals surface area contributed by atoms with Gasteiger partial charge >= 0.3 is 0 Å². The second-order valence-corrected chi connectivity index (χ2v) is 5.29. The molecule has 0 unspecified atom stereocenters. The third kappa shape index (κ3) is 1.66. The van der Waals surface area contributed by atoms with Crippen LogP contribution in [0.25, 0.3) is 0 Å². The molecule has 1 fully saturated rings. The molecule has 1 aliphatic carbocycles. The molecule has 0 heterocycles. The van der Waals surface area contributed by atoms with E-state index >= 15 is 0 Å². The molecule has 4 nitrogen and oxygen atoms in total. The molecule has 2 rings (SSSR count). The standard InChI is InChI=1S/C9H12N2O2S/c10-9(5-6-9)7-1-3-8(4-2-7)14(11,12)13/h1-4H,5-6,10H2,(H2,11,12,13). The molecule has 1 saturated carbocycles. The van der Waals surface area contributed by atoms with Gasteiger partial charge in [-0.25, -0.2) is 13.6 Å². The zero-order valence-electron chi connectivity index (χ0n) is 7.60. The van der Waals surface area contributed by atoms with Crippen molar-refractivity contribution in [1.29, 1.82) is 0 Å². The smallest absolute Gasteiger partial charge is 0.238 e. The number of sulfonamides is 1. The van der Waals surface area contributed by atoms with Crippen molar-refractivity contribution in [2.45, 2.75) is 23.3 Å². The van der Waals surface area contributed by atoms with Crippen molar-refractivity contribution < 1.29 is 8.42 Å². The maximum Gasteiger partial charge on any atom is 0.238 e. The second kappa shape index (κ2) is 2.79. The number of benzene rings is 1. The van der Waals surface area contributed by atoms with Gasteiger partial charge in [0.05, 0.1) is 4.90 Å². The van der Waals surface area contributed by atoms with Crippen molar-refractivity contribution in [3.05, 3.63) is 29.8 Å². The summed E-state index contributed by atoms with van der Waals surface area (Å²) in [5.41, 5.74) is 6.70. The van der Waals surface area contributed by atoms with Crippen LogP contribution in [-0.2, 0) is 15.6 Å². The van der Waals surface area contributed by atoms with Gasteiger partial charge in [-0.15, -0.1) is 0 Å². The lowest BCUT2D eigenvalue weighted by molar-refractivity contribution is 0.597. The molecule has 0 bridgehead atoms. The van der Waals surface area contributed by atoms with Crippen LogP contribution in [0.3, 0.4) is 0 Å². The predicted octanol–water partition coefficient (Wildman–Crippen LogP) is 0.282. The highest BCUT2D eigenvalue weighted by molar-refractivity contribution is 7.89. The van der Waals surface area contributed by atoms with Crippen LogP contribution in [0.4, 0.5) is 0 Å². The van der Waals surface area contributed by atoms with E-state index < -0.39 is 10.0 Å². The fourth-order valence-corrected chi connectivity index (χ4v) is 1.92. The Kier molecular flexibility index (Phi) is 1.92. The topological polar surface area (TPSA) is 86.2 Å². The number of nitrogens with two attached hydrogens (primary N) is 2. The van der Waals surface area contributed by atoms with Crippen LogP contribution in [0.1, 0.15) is 18.4 Å². The number of rotatable bonds is 2. The summed E-state index contributed by atoms with van der Waals surface area (Å²) in [7, 11) is -3.59. The molecular formula is C9H12N2O2S. The van der Waals surface area contributed by atoms with Crippen LogP contribution < -0.4 is 10.9 Å². The molecule has 1 aromatic carbocycles. The molecule has 0 aliphatic heterocycles. The Hall–Kier alpha value is -0.910. The van der Waals surface area contributed by atoms with E-state index in [2.05, 4.69) is 0 Å². The third-order valence-electron chi connectivity index (χ3n) is 2.55. The van der Waals surface area contributed by atoms with Crippen LogP contribution in [0.2, 0.25) is 0 Å². The van der Waals surface area contributed by atoms with Gasteiger partial charge in [0.1, 0.15) is 0 Å². The van der Waals surface area contributed by atoms with Crippen molar-refractivity contribution in [3.8, 4) is 0 Å². The summed E-state index contributed by atoms with van der Waals surface area (Å²) in [5.74, 6) is 0. The summed E-state index contributed by atoms with van der Waals surface area (Å²) in [6.45, 7) is 0. The minimum atomic E-state index is -3.59. The molecule has 0 radical (unpaired) electrons. The zero-order valence-corrected chi connectivity index (χ0v) is 8.42. The third-order valence-corrected chi connectivity index (χ3v) is 3.48. The summed E-state index contributed by atoms with van der Waals surface area (Å²) in [6, 6.07) is 6.45. The quantitative estimate of drug-likeness (QED) is 0.738. The highest BCUT2D eigenvalue weighted by Crippen LogP contribution is 2.42.